The van der Waals surface area contributed by atoms with Crippen molar-refractivity contribution in [1.82, 2.24) is 4.90 Å². The summed E-state index contributed by atoms with van der Waals surface area (Å²) >= 11 is 0. The van der Waals surface area contributed by atoms with E-state index in [0.29, 0.717) is 5.92 Å². The number of hydrogen-bond acceptors (Lipinski definition) is 5. The maximum absolute atomic E-state index is 6.38. The lowest BCUT2D eigenvalue weighted by molar-refractivity contribution is -0.0993. The maximum atomic E-state index is 6.38. The number of hydrogen-bond donors (Lipinski definition) is 0. The summed E-state index contributed by atoms with van der Waals surface area (Å²) in [7, 11) is 3.40. The van der Waals surface area contributed by atoms with Crippen LogP contribution in [-0.2, 0) is 21.5 Å². The van der Waals surface area contributed by atoms with Crippen LogP contribution in [0.25, 0.3) is 0 Å². The number of ether oxygens (including phenoxy) is 4. The Labute approximate surface area is 150 Å². The fourth-order valence-corrected chi connectivity index (χ4v) is 4.59. The summed E-state index contributed by atoms with van der Waals surface area (Å²) in [6.45, 7) is 5.99. The third-order valence-corrected chi connectivity index (χ3v) is 6.05. The van der Waals surface area contributed by atoms with Crippen molar-refractivity contribution in [2.45, 2.75) is 31.3 Å². The van der Waals surface area contributed by atoms with Gasteiger partial charge in [0.15, 0.2) is 11.5 Å². The van der Waals surface area contributed by atoms with E-state index in [4.69, 9.17) is 18.9 Å². The zero-order chi connectivity index (χ0) is 17.3. The van der Waals surface area contributed by atoms with Crippen molar-refractivity contribution in [1.29, 1.82) is 0 Å². The van der Waals surface area contributed by atoms with Crippen LogP contribution in [0.4, 0.5) is 0 Å². The maximum Gasteiger partial charge on any atom is 0.161 e. The van der Waals surface area contributed by atoms with Gasteiger partial charge in [-0.2, -0.15) is 0 Å². The standard InChI is InChI=1S/C20H29NO4/c1-22-18-11-16-4-10-25-20(17(16)12-19(18)23-2)5-7-21(8-6-20)13-15-3-9-24-14-15/h11-12,15H,3-10,13-14H2,1-2H3. The Morgan fingerprint density at radius 2 is 1.88 bits per heavy atom. The van der Waals surface area contributed by atoms with E-state index in [1.165, 1.54) is 17.5 Å². The van der Waals surface area contributed by atoms with E-state index < -0.39 is 0 Å². The third kappa shape index (κ3) is 3.25. The van der Waals surface area contributed by atoms with E-state index in [2.05, 4.69) is 17.0 Å². The van der Waals surface area contributed by atoms with Crippen molar-refractivity contribution < 1.29 is 18.9 Å². The predicted octanol–water partition coefficient (Wildman–Crippen LogP) is 2.60. The average molecular weight is 347 g/mol. The lowest BCUT2D eigenvalue weighted by Gasteiger charge is -2.45. The SMILES string of the molecule is COc1cc2c(cc1OC)C1(CCN(CC3CCOC3)CC1)OCC2. The molecule has 5 heteroatoms. The highest BCUT2D eigenvalue weighted by Gasteiger charge is 2.41. The molecule has 1 unspecified atom stereocenters. The van der Waals surface area contributed by atoms with Gasteiger partial charge in [0.1, 0.15) is 0 Å². The summed E-state index contributed by atoms with van der Waals surface area (Å²) in [4.78, 5) is 2.59. The molecule has 0 N–H and O–H groups in total. The quantitative estimate of drug-likeness (QED) is 0.837. The molecule has 1 aromatic carbocycles. The van der Waals surface area contributed by atoms with Crippen molar-refractivity contribution in [2.24, 2.45) is 5.92 Å². The summed E-state index contributed by atoms with van der Waals surface area (Å²) < 4.78 is 22.9. The molecule has 5 nitrogen and oxygen atoms in total. The van der Waals surface area contributed by atoms with Gasteiger partial charge in [0.05, 0.1) is 33.0 Å². The molecule has 1 atom stereocenters. The van der Waals surface area contributed by atoms with E-state index >= 15 is 0 Å². The molecule has 3 aliphatic heterocycles. The molecule has 1 aromatic rings. The Balaban J connectivity index is 1.52. The van der Waals surface area contributed by atoms with Gasteiger partial charge in [0.25, 0.3) is 0 Å². The molecule has 3 heterocycles. The van der Waals surface area contributed by atoms with Crippen molar-refractivity contribution >= 4 is 0 Å². The largest absolute Gasteiger partial charge is 0.493 e. The second-order valence-electron chi connectivity index (χ2n) is 7.49. The molecule has 0 radical (unpaired) electrons. The Morgan fingerprint density at radius 1 is 1.12 bits per heavy atom. The van der Waals surface area contributed by atoms with Crippen LogP contribution in [0.1, 0.15) is 30.4 Å². The normalized spacial score (nSPS) is 25.8. The summed E-state index contributed by atoms with van der Waals surface area (Å²) in [5.41, 5.74) is 2.50. The van der Waals surface area contributed by atoms with Gasteiger partial charge in [0.2, 0.25) is 0 Å². The van der Waals surface area contributed by atoms with E-state index in [9.17, 15) is 0 Å². The van der Waals surface area contributed by atoms with Crippen LogP contribution < -0.4 is 9.47 Å². The number of nitrogens with zero attached hydrogens (tertiary/aromatic N) is 1. The van der Waals surface area contributed by atoms with Crippen molar-refractivity contribution in [3.05, 3.63) is 23.3 Å². The highest BCUT2D eigenvalue weighted by molar-refractivity contribution is 5.50. The smallest absolute Gasteiger partial charge is 0.161 e. The summed E-state index contributed by atoms with van der Waals surface area (Å²) in [6.07, 6.45) is 4.24. The van der Waals surface area contributed by atoms with Gasteiger partial charge in [-0.05, 0) is 54.9 Å². The summed E-state index contributed by atoms with van der Waals surface area (Å²) in [5, 5.41) is 0. The molecule has 2 saturated heterocycles. The zero-order valence-corrected chi connectivity index (χ0v) is 15.4. The van der Waals surface area contributed by atoms with Crippen LogP contribution >= 0.6 is 0 Å². The van der Waals surface area contributed by atoms with Gasteiger partial charge < -0.3 is 23.8 Å². The minimum Gasteiger partial charge on any atom is -0.493 e. The monoisotopic (exact) mass is 347 g/mol. The van der Waals surface area contributed by atoms with Crippen molar-refractivity contribution in [3.8, 4) is 11.5 Å². The molecule has 4 rings (SSSR count). The first-order valence-corrected chi connectivity index (χ1v) is 9.43. The van der Waals surface area contributed by atoms with Crippen LogP contribution in [0.15, 0.2) is 12.1 Å². The first-order valence-electron chi connectivity index (χ1n) is 9.43. The number of piperidine rings is 1. The minimum absolute atomic E-state index is 0.157. The van der Waals surface area contributed by atoms with Crippen molar-refractivity contribution in [2.75, 3.05) is 53.7 Å². The van der Waals surface area contributed by atoms with E-state index in [0.717, 1.165) is 70.2 Å². The Morgan fingerprint density at radius 3 is 2.56 bits per heavy atom. The molecule has 138 valence electrons. The molecule has 0 bridgehead atoms. The molecule has 0 saturated carbocycles. The first-order chi connectivity index (χ1) is 12.2. The van der Waals surface area contributed by atoms with Crippen LogP contribution in [0, 0.1) is 5.92 Å². The molecule has 0 amide bonds. The number of likely N-dealkylation sites (tertiary alicyclic amines) is 1. The Bertz CT molecular complexity index is 604. The minimum atomic E-state index is -0.157. The third-order valence-electron chi connectivity index (χ3n) is 6.05. The fraction of sp³-hybridized carbons (Fsp3) is 0.700. The Kier molecular flexibility index (Phi) is 4.89. The fourth-order valence-electron chi connectivity index (χ4n) is 4.59. The molecular weight excluding hydrogens is 318 g/mol. The second kappa shape index (κ2) is 7.14. The topological polar surface area (TPSA) is 40.2 Å². The van der Waals surface area contributed by atoms with Crippen molar-refractivity contribution in [3.63, 3.8) is 0 Å². The number of benzene rings is 1. The molecule has 3 aliphatic rings. The number of rotatable bonds is 4. The molecule has 2 fully saturated rings. The highest BCUT2D eigenvalue weighted by Crippen LogP contribution is 2.45. The van der Waals surface area contributed by atoms with Crippen LogP contribution in [0.3, 0.4) is 0 Å². The summed E-state index contributed by atoms with van der Waals surface area (Å²) in [5.74, 6) is 2.33. The van der Waals surface area contributed by atoms with E-state index in [1.54, 1.807) is 14.2 Å². The first kappa shape index (κ1) is 17.1. The molecule has 1 spiro atoms. The number of methoxy groups -OCH3 is 2. The molecule has 25 heavy (non-hydrogen) atoms. The predicted molar refractivity (Wildman–Crippen MR) is 95.5 cm³/mol. The molecule has 0 aromatic heterocycles. The Hall–Kier alpha value is -1.30. The van der Waals surface area contributed by atoms with Gasteiger partial charge >= 0.3 is 0 Å². The molecule has 0 aliphatic carbocycles. The lowest BCUT2D eigenvalue weighted by atomic mass is 9.79. The average Bonchev–Trinajstić information content (AvgIpc) is 3.16. The molecular formula is C20H29NO4. The summed E-state index contributed by atoms with van der Waals surface area (Å²) in [6, 6.07) is 4.29. The van der Waals surface area contributed by atoms with Crippen LogP contribution in [0.5, 0.6) is 11.5 Å². The van der Waals surface area contributed by atoms with Gasteiger partial charge in [-0.1, -0.05) is 0 Å². The van der Waals surface area contributed by atoms with Gasteiger partial charge in [-0.25, -0.2) is 0 Å². The highest BCUT2D eigenvalue weighted by atomic mass is 16.5. The van der Waals surface area contributed by atoms with Gasteiger partial charge in [0, 0.05) is 26.2 Å². The van der Waals surface area contributed by atoms with Crippen LogP contribution in [0.2, 0.25) is 0 Å². The van der Waals surface area contributed by atoms with Gasteiger partial charge in [-0.3, -0.25) is 0 Å². The van der Waals surface area contributed by atoms with E-state index in [-0.39, 0.29) is 5.60 Å². The van der Waals surface area contributed by atoms with Gasteiger partial charge in [-0.15, -0.1) is 0 Å². The van der Waals surface area contributed by atoms with Crippen LogP contribution in [-0.4, -0.2) is 58.6 Å². The number of fused-ring (bicyclic) bond motifs is 2. The zero-order valence-electron chi connectivity index (χ0n) is 15.4. The lowest BCUT2D eigenvalue weighted by Crippen LogP contribution is -2.47. The van der Waals surface area contributed by atoms with E-state index in [1.807, 2.05) is 0 Å². The second-order valence-corrected chi connectivity index (χ2v) is 7.49.